The largest absolute Gasteiger partial charge is 0.356 e. The molecule has 1 heterocycles. The molecule has 0 bridgehead atoms. The van der Waals surface area contributed by atoms with Crippen LogP contribution in [-0.4, -0.2) is 5.16 Å². The Morgan fingerprint density at radius 3 is 2.12 bits per heavy atom. The summed E-state index contributed by atoms with van der Waals surface area (Å²) < 4.78 is 5.32. The second-order valence-electron chi connectivity index (χ2n) is 5.05. The third-order valence-corrected chi connectivity index (χ3v) is 3.10. The van der Waals surface area contributed by atoms with Crippen molar-refractivity contribution >= 4 is 11.0 Å². The quantitative estimate of drug-likeness (QED) is 0.746. The van der Waals surface area contributed by atoms with Crippen LogP contribution in [0.25, 0.3) is 11.0 Å². The fraction of sp³-hybridized carbons (Fsp3) is 0.500. The van der Waals surface area contributed by atoms with Gasteiger partial charge in [0, 0.05) is 5.39 Å². The van der Waals surface area contributed by atoms with Crippen molar-refractivity contribution in [3.05, 3.63) is 29.0 Å². The van der Waals surface area contributed by atoms with Crippen molar-refractivity contribution in [2.45, 2.75) is 46.5 Å². The molecule has 0 fully saturated rings. The van der Waals surface area contributed by atoms with E-state index in [0.29, 0.717) is 11.8 Å². The van der Waals surface area contributed by atoms with E-state index in [-0.39, 0.29) is 0 Å². The number of nitrogens with zero attached hydrogens (tertiary/aromatic N) is 1. The molecule has 0 aliphatic rings. The summed E-state index contributed by atoms with van der Waals surface area (Å²) in [6, 6.07) is 4.39. The van der Waals surface area contributed by atoms with E-state index >= 15 is 0 Å². The van der Waals surface area contributed by atoms with Crippen LogP contribution in [0.2, 0.25) is 0 Å². The molecule has 2 heteroatoms. The Morgan fingerprint density at radius 1 is 1.00 bits per heavy atom. The van der Waals surface area contributed by atoms with Crippen LogP contribution in [0.3, 0.4) is 0 Å². The maximum absolute atomic E-state index is 5.32. The molecule has 1 aromatic carbocycles. The van der Waals surface area contributed by atoms with Gasteiger partial charge in [-0.3, -0.25) is 0 Å². The highest BCUT2D eigenvalue weighted by molar-refractivity contribution is 5.81. The van der Waals surface area contributed by atoms with Crippen LogP contribution in [0.5, 0.6) is 0 Å². The number of hydrogen-bond acceptors (Lipinski definition) is 2. The number of rotatable bonds is 2. The highest BCUT2D eigenvalue weighted by Gasteiger charge is 2.14. The lowest BCUT2D eigenvalue weighted by Gasteiger charge is -2.15. The SMILES string of the molecule is Cc1noc2cc(C(C)C)c(C(C)C)cc12. The average Bonchev–Trinajstić information content (AvgIpc) is 2.58. The topological polar surface area (TPSA) is 26.0 Å². The first-order valence-corrected chi connectivity index (χ1v) is 5.90. The molecular formula is C14H19NO. The highest BCUT2D eigenvalue weighted by Crippen LogP contribution is 2.31. The van der Waals surface area contributed by atoms with Crippen molar-refractivity contribution in [1.82, 2.24) is 5.16 Å². The summed E-state index contributed by atoms with van der Waals surface area (Å²) >= 11 is 0. The Labute approximate surface area is 96.6 Å². The van der Waals surface area contributed by atoms with Gasteiger partial charge in [0.2, 0.25) is 0 Å². The minimum absolute atomic E-state index is 0.521. The van der Waals surface area contributed by atoms with Crippen molar-refractivity contribution in [3.63, 3.8) is 0 Å². The van der Waals surface area contributed by atoms with E-state index in [2.05, 4.69) is 45.0 Å². The molecular weight excluding hydrogens is 198 g/mol. The normalized spacial score (nSPS) is 11.9. The highest BCUT2D eigenvalue weighted by atomic mass is 16.5. The van der Waals surface area contributed by atoms with E-state index in [0.717, 1.165) is 16.7 Å². The van der Waals surface area contributed by atoms with Crippen molar-refractivity contribution in [2.24, 2.45) is 0 Å². The summed E-state index contributed by atoms with van der Waals surface area (Å²) in [6.07, 6.45) is 0. The molecule has 0 saturated heterocycles. The minimum Gasteiger partial charge on any atom is -0.356 e. The van der Waals surface area contributed by atoms with E-state index in [9.17, 15) is 0 Å². The number of aryl methyl sites for hydroxylation is 1. The Hall–Kier alpha value is -1.31. The summed E-state index contributed by atoms with van der Waals surface area (Å²) in [4.78, 5) is 0. The molecule has 0 aliphatic heterocycles. The zero-order valence-electron chi connectivity index (χ0n) is 10.7. The fourth-order valence-electron chi connectivity index (χ4n) is 2.14. The minimum atomic E-state index is 0.521. The number of hydrogen-bond donors (Lipinski definition) is 0. The van der Waals surface area contributed by atoms with Crippen LogP contribution in [-0.2, 0) is 0 Å². The van der Waals surface area contributed by atoms with Crippen molar-refractivity contribution in [3.8, 4) is 0 Å². The standard InChI is InChI=1S/C14H19NO/c1-8(2)11-6-13-10(5)15-16-14(13)7-12(11)9(3)4/h6-9H,1-5H3. The van der Waals surface area contributed by atoms with Crippen molar-refractivity contribution in [2.75, 3.05) is 0 Å². The number of benzene rings is 1. The molecule has 2 aromatic rings. The van der Waals surface area contributed by atoms with Gasteiger partial charge < -0.3 is 4.52 Å². The molecule has 0 atom stereocenters. The van der Waals surface area contributed by atoms with E-state index in [4.69, 9.17) is 4.52 Å². The van der Waals surface area contributed by atoms with Gasteiger partial charge in [0.15, 0.2) is 5.58 Å². The van der Waals surface area contributed by atoms with Gasteiger partial charge in [-0.2, -0.15) is 0 Å². The van der Waals surface area contributed by atoms with Crippen LogP contribution < -0.4 is 0 Å². The van der Waals surface area contributed by atoms with E-state index in [1.807, 2.05) is 6.92 Å². The zero-order valence-corrected chi connectivity index (χ0v) is 10.7. The summed E-state index contributed by atoms with van der Waals surface area (Å²) in [5.74, 6) is 1.06. The first-order valence-electron chi connectivity index (χ1n) is 5.90. The lowest BCUT2D eigenvalue weighted by molar-refractivity contribution is 0.450. The molecule has 0 spiro atoms. The third-order valence-electron chi connectivity index (χ3n) is 3.10. The van der Waals surface area contributed by atoms with E-state index in [1.165, 1.54) is 11.1 Å². The molecule has 0 amide bonds. The predicted octanol–water partition coefficient (Wildman–Crippen LogP) is 4.38. The molecule has 86 valence electrons. The first kappa shape index (κ1) is 11.2. The monoisotopic (exact) mass is 217 g/mol. The molecule has 0 saturated carbocycles. The van der Waals surface area contributed by atoms with Gasteiger partial charge in [-0.15, -0.1) is 0 Å². The lowest BCUT2D eigenvalue weighted by Crippen LogP contribution is -1.98. The van der Waals surface area contributed by atoms with Crippen LogP contribution in [0.15, 0.2) is 16.7 Å². The Bertz CT molecular complexity index is 509. The molecule has 2 rings (SSSR count). The lowest BCUT2D eigenvalue weighted by atomic mass is 9.89. The van der Waals surface area contributed by atoms with Crippen LogP contribution >= 0.6 is 0 Å². The Kier molecular flexibility index (Phi) is 2.75. The van der Waals surface area contributed by atoms with E-state index < -0.39 is 0 Å². The second-order valence-corrected chi connectivity index (χ2v) is 5.05. The predicted molar refractivity (Wildman–Crippen MR) is 66.9 cm³/mol. The van der Waals surface area contributed by atoms with Gasteiger partial charge in [0.05, 0.1) is 5.69 Å². The molecule has 0 radical (unpaired) electrons. The van der Waals surface area contributed by atoms with Crippen LogP contribution in [0.4, 0.5) is 0 Å². The molecule has 0 N–H and O–H groups in total. The Balaban J connectivity index is 2.73. The number of aromatic nitrogens is 1. The maximum atomic E-state index is 5.32. The first-order chi connectivity index (χ1) is 7.50. The molecule has 1 aromatic heterocycles. The van der Waals surface area contributed by atoms with Gasteiger partial charge >= 0.3 is 0 Å². The summed E-state index contributed by atoms with van der Waals surface area (Å²) in [6.45, 7) is 10.9. The maximum Gasteiger partial charge on any atom is 0.167 e. The van der Waals surface area contributed by atoms with Gasteiger partial charge in [0.25, 0.3) is 0 Å². The summed E-state index contributed by atoms with van der Waals surface area (Å²) in [5, 5.41) is 5.17. The summed E-state index contributed by atoms with van der Waals surface area (Å²) in [7, 11) is 0. The van der Waals surface area contributed by atoms with Crippen molar-refractivity contribution < 1.29 is 4.52 Å². The molecule has 2 nitrogen and oxygen atoms in total. The Morgan fingerprint density at radius 2 is 1.56 bits per heavy atom. The second kappa shape index (κ2) is 3.93. The van der Waals surface area contributed by atoms with Crippen LogP contribution in [0, 0.1) is 6.92 Å². The molecule has 0 unspecified atom stereocenters. The molecule has 0 aliphatic carbocycles. The van der Waals surface area contributed by atoms with Gasteiger partial charge in [0.1, 0.15) is 0 Å². The summed E-state index contributed by atoms with van der Waals surface area (Å²) in [5.41, 5.74) is 4.67. The van der Waals surface area contributed by atoms with Gasteiger partial charge in [-0.1, -0.05) is 32.9 Å². The van der Waals surface area contributed by atoms with E-state index in [1.54, 1.807) is 0 Å². The van der Waals surface area contributed by atoms with Gasteiger partial charge in [-0.25, -0.2) is 0 Å². The average molecular weight is 217 g/mol. The van der Waals surface area contributed by atoms with Crippen LogP contribution in [0.1, 0.15) is 56.4 Å². The fourth-order valence-corrected chi connectivity index (χ4v) is 2.14. The van der Waals surface area contributed by atoms with Gasteiger partial charge in [-0.05, 0) is 42.0 Å². The number of fused-ring (bicyclic) bond motifs is 1. The molecule has 16 heavy (non-hydrogen) atoms. The van der Waals surface area contributed by atoms with Crippen molar-refractivity contribution in [1.29, 1.82) is 0 Å². The smallest absolute Gasteiger partial charge is 0.167 e. The third kappa shape index (κ3) is 1.73. The zero-order chi connectivity index (χ0) is 11.9.